The van der Waals surface area contributed by atoms with Crippen molar-refractivity contribution < 1.29 is 4.92 Å². The summed E-state index contributed by atoms with van der Waals surface area (Å²) >= 11 is 5.85. The second-order valence-electron chi connectivity index (χ2n) is 6.65. The first-order valence-corrected chi connectivity index (χ1v) is 8.89. The van der Waals surface area contributed by atoms with Gasteiger partial charge >= 0.3 is 0 Å². The van der Waals surface area contributed by atoms with Gasteiger partial charge in [0.05, 0.1) is 10.8 Å². The van der Waals surface area contributed by atoms with E-state index in [9.17, 15) is 10.1 Å². The molecule has 1 aromatic heterocycles. The summed E-state index contributed by atoms with van der Waals surface area (Å²) < 4.78 is 0. The lowest BCUT2D eigenvalue weighted by Gasteiger charge is -2.37. The first-order valence-electron chi connectivity index (χ1n) is 8.51. The van der Waals surface area contributed by atoms with Crippen LogP contribution in [0.2, 0.25) is 5.15 Å². The summed E-state index contributed by atoms with van der Waals surface area (Å²) in [6.45, 7) is 6.43. The Bertz CT molecular complexity index is 646. The molecule has 0 aliphatic carbocycles. The van der Waals surface area contributed by atoms with Crippen LogP contribution in [0.4, 0.5) is 0 Å². The highest BCUT2D eigenvalue weighted by atomic mass is 35.5. The molecule has 0 radical (unpaired) electrons. The van der Waals surface area contributed by atoms with Crippen molar-refractivity contribution in [1.29, 1.82) is 0 Å². The fraction of sp³-hybridized carbons (Fsp3) is 0.588. The minimum absolute atomic E-state index is 0.0215. The van der Waals surface area contributed by atoms with Crippen LogP contribution in [0.3, 0.4) is 0 Å². The van der Waals surface area contributed by atoms with Crippen LogP contribution >= 0.6 is 11.6 Å². The second-order valence-corrected chi connectivity index (χ2v) is 7.04. The monoisotopic (exact) mass is 350 g/mol. The van der Waals surface area contributed by atoms with E-state index in [4.69, 9.17) is 11.6 Å². The van der Waals surface area contributed by atoms with Crippen LogP contribution in [-0.2, 0) is 6.54 Å². The van der Waals surface area contributed by atoms with Crippen molar-refractivity contribution in [3.63, 3.8) is 0 Å². The van der Waals surface area contributed by atoms with Crippen LogP contribution < -0.4 is 0 Å². The number of halogens is 1. The van der Waals surface area contributed by atoms with Gasteiger partial charge in [0.2, 0.25) is 0 Å². The molecule has 0 N–H and O–H groups in total. The van der Waals surface area contributed by atoms with E-state index in [0.717, 1.165) is 43.7 Å². The van der Waals surface area contributed by atoms with E-state index in [1.807, 2.05) is 13.0 Å². The molecule has 2 atom stereocenters. The van der Waals surface area contributed by atoms with Crippen molar-refractivity contribution >= 4 is 11.6 Å². The molecule has 0 aromatic carbocycles. The maximum atomic E-state index is 11.7. The summed E-state index contributed by atoms with van der Waals surface area (Å²) in [6, 6.07) is 4.09. The molecule has 7 heteroatoms. The Kier molecular flexibility index (Phi) is 4.94. The molecular formula is C17H23ClN4O2. The number of hydrogen-bond donors (Lipinski definition) is 0. The van der Waals surface area contributed by atoms with Gasteiger partial charge in [0.15, 0.2) is 5.82 Å². The molecule has 0 spiro atoms. The van der Waals surface area contributed by atoms with Crippen LogP contribution in [0.5, 0.6) is 0 Å². The molecule has 0 bridgehead atoms. The second kappa shape index (κ2) is 6.97. The maximum absolute atomic E-state index is 11.7. The molecule has 6 nitrogen and oxygen atoms in total. The topological polar surface area (TPSA) is 62.5 Å². The number of nitrogens with zero attached hydrogens (tertiary/aromatic N) is 4. The molecule has 3 heterocycles. The van der Waals surface area contributed by atoms with Crippen molar-refractivity contribution in [2.75, 3.05) is 13.1 Å². The van der Waals surface area contributed by atoms with Crippen LogP contribution in [-0.4, -0.2) is 38.8 Å². The molecule has 2 aliphatic heterocycles. The standard InChI is InChI=1S/C17H23ClN4O2/c1-3-4-14-9-12(2)16(22(23)24)17-20(7-8-21(14)17)11-13-5-6-15(18)19-10-13/h5-6,10,12,14H,3-4,7-9,11H2,1-2H3/t12-,14+/m0/s1. The number of rotatable bonds is 5. The molecule has 2 aliphatic rings. The largest absolute Gasteiger partial charge is 0.348 e. The lowest BCUT2D eigenvalue weighted by atomic mass is 9.91. The number of allylic oxidation sites excluding steroid dienone is 1. The minimum Gasteiger partial charge on any atom is -0.348 e. The number of aromatic nitrogens is 1. The SMILES string of the molecule is CCC[C@@H]1C[C@H](C)C([N+](=O)[O-])=C2N(Cc3ccc(Cl)nc3)CCN21. The predicted octanol–water partition coefficient (Wildman–Crippen LogP) is 3.51. The Morgan fingerprint density at radius 2 is 2.21 bits per heavy atom. The Labute approximate surface area is 147 Å². The summed E-state index contributed by atoms with van der Waals surface area (Å²) in [5.74, 6) is 0.791. The van der Waals surface area contributed by atoms with Gasteiger partial charge in [-0.2, -0.15) is 0 Å². The van der Waals surface area contributed by atoms with E-state index in [-0.39, 0.29) is 10.8 Å². The lowest BCUT2D eigenvalue weighted by molar-refractivity contribution is -0.438. The number of hydrogen-bond acceptors (Lipinski definition) is 5. The average Bonchev–Trinajstić information content (AvgIpc) is 2.93. The maximum Gasteiger partial charge on any atom is 0.289 e. The van der Waals surface area contributed by atoms with Gasteiger partial charge in [-0.1, -0.05) is 37.9 Å². The highest BCUT2D eigenvalue weighted by Gasteiger charge is 2.44. The Balaban J connectivity index is 1.92. The van der Waals surface area contributed by atoms with Crippen molar-refractivity contribution in [2.24, 2.45) is 5.92 Å². The van der Waals surface area contributed by atoms with E-state index in [1.54, 1.807) is 12.3 Å². The van der Waals surface area contributed by atoms with E-state index in [2.05, 4.69) is 21.7 Å². The van der Waals surface area contributed by atoms with Crippen LogP contribution in [0.15, 0.2) is 29.8 Å². The molecule has 1 aromatic rings. The zero-order valence-electron chi connectivity index (χ0n) is 14.1. The van der Waals surface area contributed by atoms with Gasteiger partial charge in [-0.05, 0) is 24.5 Å². The van der Waals surface area contributed by atoms with E-state index >= 15 is 0 Å². The van der Waals surface area contributed by atoms with Gasteiger partial charge in [0.25, 0.3) is 5.70 Å². The number of pyridine rings is 1. The quantitative estimate of drug-likeness (QED) is 0.462. The molecule has 0 unspecified atom stereocenters. The normalized spacial score (nSPS) is 23.6. The molecule has 0 saturated carbocycles. The predicted molar refractivity (Wildman–Crippen MR) is 92.9 cm³/mol. The average molecular weight is 351 g/mol. The first-order chi connectivity index (χ1) is 11.5. The fourth-order valence-electron chi connectivity index (χ4n) is 3.90. The Hall–Kier alpha value is -1.82. The minimum atomic E-state index is -0.187. The van der Waals surface area contributed by atoms with Gasteiger partial charge < -0.3 is 9.80 Å². The van der Waals surface area contributed by atoms with E-state index < -0.39 is 0 Å². The highest BCUT2D eigenvalue weighted by Crippen LogP contribution is 2.38. The Morgan fingerprint density at radius 3 is 2.83 bits per heavy atom. The third-order valence-electron chi connectivity index (χ3n) is 4.93. The molecule has 1 fully saturated rings. The van der Waals surface area contributed by atoms with Crippen molar-refractivity contribution in [3.05, 3.63) is 50.7 Å². The van der Waals surface area contributed by atoms with Crippen LogP contribution in [0.25, 0.3) is 0 Å². The molecular weight excluding hydrogens is 328 g/mol. The molecule has 3 rings (SSSR count). The van der Waals surface area contributed by atoms with Crippen molar-refractivity contribution in [2.45, 2.75) is 45.7 Å². The van der Waals surface area contributed by atoms with Gasteiger partial charge in [-0.15, -0.1) is 0 Å². The zero-order chi connectivity index (χ0) is 17.3. The van der Waals surface area contributed by atoms with Crippen molar-refractivity contribution in [3.8, 4) is 0 Å². The third kappa shape index (κ3) is 3.20. The summed E-state index contributed by atoms with van der Waals surface area (Å²) in [5.41, 5.74) is 1.38. The summed E-state index contributed by atoms with van der Waals surface area (Å²) in [4.78, 5) is 20.0. The first kappa shape index (κ1) is 17.0. The van der Waals surface area contributed by atoms with Crippen LogP contribution in [0, 0.1) is 16.0 Å². The number of nitro groups is 1. The fourth-order valence-corrected chi connectivity index (χ4v) is 4.01. The molecule has 1 saturated heterocycles. The summed E-state index contributed by atoms with van der Waals surface area (Å²) in [5, 5.41) is 12.1. The molecule has 24 heavy (non-hydrogen) atoms. The number of fused-ring (bicyclic) bond motifs is 1. The van der Waals surface area contributed by atoms with Crippen LogP contribution in [0.1, 0.15) is 38.7 Å². The highest BCUT2D eigenvalue weighted by molar-refractivity contribution is 6.29. The van der Waals surface area contributed by atoms with Gasteiger partial charge in [0, 0.05) is 31.9 Å². The lowest BCUT2D eigenvalue weighted by Crippen LogP contribution is -2.41. The third-order valence-corrected chi connectivity index (χ3v) is 5.15. The molecule has 130 valence electrons. The van der Waals surface area contributed by atoms with E-state index in [0.29, 0.717) is 23.4 Å². The summed E-state index contributed by atoms with van der Waals surface area (Å²) in [6.07, 6.45) is 4.78. The smallest absolute Gasteiger partial charge is 0.289 e. The molecule has 0 amide bonds. The van der Waals surface area contributed by atoms with Crippen molar-refractivity contribution in [1.82, 2.24) is 14.8 Å². The van der Waals surface area contributed by atoms with Gasteiger partial charge in [0.1, 0.15) is 5.15 Å². The van der Waals surface area contributed by atoms with Gasteiger partial charge in [-0.25, -0.2) is 4.98 Å². The van der Waals surface area contributed by atoms with Gasteiger partial charge in [-0.3, -0.25) is 10.1 Å². The summed E-state index contributed by atoms with van der Waals surface area (Å²) in [7, 11) is 0. The van der Waals surface area contributed by atoms with E-state index in [1.165, 1.54) is 0 Å². The Morgan fingerprint density at radius 1 is 1.42 bits per heavy atom. The zero-order valence-corrected chi connectivity index (χ0v) is 14.9.